The fraction of sp³-hybridized carbons (Fsp3) is 0.900. The summed E-state index contributed by atoms with van der Waals surface area (Å²) >= 11 is 0. The summed E-state index contributed by atoms with van der Waals surface area (Å²) in [4.78, 5) is 37.0. The van der Waals surface area contributed by atoms with Gasteiger partial charge in [0, 0.05) is 25.9 Å². The summed E-state index contributed by atoms with van der Waals surface area (Å²) < 4.78 is 0. The molecule has 0 saturated heterocycles. The van der Waals surface area contributed by atoms with Crippen LogP contribution in [0.4, 0.5) is 0 Å². The zero-order valence-electron chi connectivity index (χ0n) is 24.1. The standard InChI is InChI=1S/C30H59N3O3/c1-4-7-10-11-12-13-14-15-16-20-26-32-30(36)27(33-29(35)24-18-9-6-3)22-19-21-25-31-28(34)23-17-8-5-2/h27H,4-26H2,1-3H3,(H,31,34)(H,32,36)(H,33,35)/t27-/m0/s1. The Morgan fingerprint density at radius 1 is 0.500 bits per heavy atom. The number of hydrogen-bond acceptors (Lipinski definition) is 3. The Kier molecular flexibility index (Phi) is 25.3. The zero-order valence-corrected chi connectivity index (χ0v) is 24.1. The van der Waals surface area contributed by atoms with Gasteiger partial charge in [-0.3, -0.25) is 14.4 Å². The summed E-state index contributed by atoms with van der Waals surface area (Å²) in [6, 6.07) is -0.484. The highest BCUT2D eigenvalue weighted by molar-refractivity contribution is 5.87. The molecule has 3 amide bonds. The lowest BCUT2D eigenvalue weighted by Crippen LogP contribution is -2.47. The van der Waals surface area contributed by atoms with Crippen molar-refractivity contribution >= 4 is 17.7 Å². The second kappa shape index (κ2) is 26.5. The highest BCUT2D eigenvalue weighted by atomic mass is 16.2. The predicted molar refractivity (Wildman–Crippen MR) is 152 cm³/mol. The molecule has 6 heteroatoms. The van der Waals surface area contributed by atoms with Crippen molar-refractivity contribution in [2.45, 2.75) is 162 Å². The lowest BCUT2D eigenvalue weighted by atomic mass is 10.1. The minimum Gasteiger partial charge on any atom is -0.356 e. The number of nitrogens with one attached hydrogen (secondary N) is 3. The quantitative estimate of drug-likeness (QED) is 0.110. The molecule has 0 saturated carbocycles. The monoisotopic (exact) mass is 509 g/mol. The first kappa shape index (κ1) is 34.4. The van der Waals surface area contributed by atoms with Crippen molar-refractivity contribution in [3.63, 3.8) is 0 Å². The molecule has 0 spiro atoms. The molecule has 0 aromatic carbocycles. The lowest BCUT2D eigenvalue weighted by Gasteiger charge is -2.19. The maximum absolute atomic E-state index is 12.8. The van der Waals surface area contributed by atoms with Gasteiger partial charge >= 0.3 is 0 Å². The van der Waals surface area contributed by atoms with Crippen LogP contribution in [-0.2, 0) is 14.4 Å². The van der Waals surface area contributed by atoms with Crippen LogP contribution < -0.4 is 16.0 Å². The molecule has 6 nitrogen and oxygen atoms in total. The Morgan fingerprint density at radius 2 is 0.944 bits per heavy atom. The van der Waals surface area contributed by atoms with Gasteiger partial charge in [-0.1, -0.05) is 104 Å². The lowest BCUT2D eigenvalue weighted by molar-refractivity contribution is -0.129. The summed E-state index contributed by atoms with van der Waals surface area (Å²) in [7, 11) is 0. The van der Waals surface area contributed by atoms with Gasteiger partial charge in [-0.15, -0.1) is 0 Å². The molecule has 3 N–H and O–H groups in total. The van der Waals surface area contributed by atoms with E-state index < -0.39 is 6.04 Å². The van der Waals surface area contributed by atoms with Crippen molar-refractivity contribution in [3.8, 4) is 0 Å². The van der Waals surface area contributed by atoms with Gasteiger partial charge in [0.25, 0.3) is 0 Å². The Labute approximate surface area is 222 Å². The minimum absolute atomic E-state index is 0.0354. The smallest absolute Gasteiger partial charge is 0.242 e. The van der Waals surface area contributed by atoms with Gasteiger partial charge in [0.15, 0.2) is 0 Å². The summed E-state index contributed by atoms with van der Waals surface area (Å²) in [5, 5.41) is 8.97. The number of unbranched alkanes of at least 4 members (excludes halogenated alkanes) is 14. The van der Waals surface area contributed by atoms with Crippen molar-refractivity contribution in [1.82, 2.24) is 16.0 Å². The highest BCUT2D eigenvalue weighted by Gasteiger charge is 2.19. The average molecular weight is 510 g/mol. The Bertz CT molecular complexity index is 540. The van der Waals surface area contributed by atoms with E-state index in [0.29, 0.717) is 32.4 Å². The molecule has 0 rings (SSSR count). The molecule has 0 heterocycles. The maximum Gasteiger partial charge on any atom is 0.242 e. The van der Waals surface area contributed by atoms with E-state index in [2.05, 4.69) is 36.7 Å². The maximum atomic E-state index is 12.8. The van der Waals surface area contributed by atoms with Crippen molar-refractivity contribution in [1.29, 1.82) is 0 Å². The van der Waals surface area contributed by atoms with Crippen molar-refractivity contribution < 1.29 is 14.4 Å². The first-order chi connectivity index (χ1) is 17.5. The molecule has 0 unspecified atom stereocenters. The van der Waals surface area contributed by atoms with Crippen molar-refractivity contribution in [3.05, 3.63) is 0 Å². The Morgan fingerprint density at radius 3 is 1.53 bits per heavy atom. The number of amides is 3. The second-order valence-electron chi connectivity index (χ2n) is 10.4. The van der Waals surface area contributed by atoms with E-state index in [0.717, 1.165) is 64.2 Å². The second-order valence-corrected chi connectivity index (χ2v) is 10.4. The summed E-state index contributed by atoms with van der Waals surface area (Å²) in [6.45, 7) is 7.79. The minimum atomic E-state index is -0.484. The van der Waals surface area contributed by atoms with E-state index in [1.807, 2.05) is 0 Å². The van der Waals surface area contributed by atoms with Crippen LogP contribution in [0, 0.1) is 0 Å². The molecular weight excluding hydrogens is 450 g/mol. The number of rotatable bonds is 26. The zero-order chi connectivity index (χ0) is 26.7. The van der Waals surface area contributed by atoms with E-state index in [1.165, 1.54) is 51.4 Å². The van der Waals surface area contributed by atoms with Crippen LogP contribution in [0.15, 0.2) is 0 Å². The number of carbonyl (C=O) groups is 3. The van der Waals surface area contributed by atoms with Crippen LogP contribution in [-0.4, -0.2) is 36.9 Å². The first-order valence-corrected chi connectivity index (χ1v) is 15.4. The van der Waals surface area contributed by atoms with Gasteiger partial charge in [0.1, 0.15) is 6.04 Å². The summed E-state index contributed by atoms with van der Waals surface area (Å²) in [5.74, 6) is 0.00333. The normalized spacial score (nSPS) is 11.8. The van der Waals surface area contributed by atoms with Gasteiger partial charge < -0.3 is 16.0 Å². The van der Waals surface area contributed by atoms with Crippen LogP contribution in [0.5, 0.6) is 0 Å². The first-order valence-electron chi connectivity index (χ1n) is 15.4. The van der Waals surface area contributed by atoms with E-state index in [-0.39, 0.29) is 17.7 Å². The molecule has 1 atom stereocenters. The molecule has 0 aliphatic rings. The predicted octanol–water partition coefficient (Wildman–Crippen LogP) is 6.96. The summed E-state index contributed by atoms with van der Waals surface area (Å²) in [6.07, 6.45) is 22.1. The molecule has 0 aromatic heterocycles. The molecule has 0 fully saturated rings. The van der Waals surface area contributed by atoms with Crippen LogP contribution in [0.2, 0.25) is 0 Å². The van der Waals surface area contributed by atoms with E-state index >= 15 is 0 Å². The van der Waals surface area contributed by atoms with Gasteiger partial charge in [0.2, 0.25) is 17.7 Å². The molecule has 212 valence electrons. The number of carbonyl (C=O) groups excluding carboxylic acids is 3. The molecule has 0 aliphatic heterocycles. The van der Waals surface area contributed by atoms with Crippen molar-refractivity contribution in [2.24, 2.45) is 0 Å². The van der Waals surface area contributed by atoms with Gasteiger partial charge in [-0.25, -0.2) is 0 Å². The van der Waals surface area contributed by atoms with Crippen LogP contribution >= 0.6 is 0 Å². The highest BCUT2D eigenvalue weighted by Crippen LogP contribution is 2.10. The molecule has 36 heavy (non-hydrogen) atoms. The molecule has 0 radical (unpaired) electrons. The van der Waals surface area contributed by atoms with Crippen molar-refractivity contribution in [2.75, 3.05) is 13.1 Å². The summed E-state index contributed by atoms with van der Waals surface area (Å²) in [5.41, 5.74) is 0. The van der Waals surface area contributed by atoms with Gasteiger partial charge in [-0.05, 0) is 38.5 Å². The van der Waals surface area contributed by atoms with Gasteiger partial charge in [-0.2, -0.15) is 0 Å². The largest absolute Gasteiger partial charge is 0.356 e. The Balaban J connectivity index is 4.19. The van der Waals surface area contributed by atoms with E-state index in [1.54, 1.807) is 0 Å². The van der Waals surface area contributed by atoms with Crippen LogP contribution in [0.3, 0.4) is 0 Å². The molecular formula is C30H59N3O3. The Hall–Kier alpha value is -1.59. The fourth-order valence-electron chi connectivity index (χ4n) is 4.34. The van der Waals surface area contributed by atoms with E-state index in [4.69, 9.17) is 0 Å². The van der Waals surface area contributed by atoms with E-state index in [9.17, 15) is 14.4 Å². The topological polar surface area (TPSA) is 87.3 Å². The molecule has 0 aromatic rings. The number of hydrogen-bond donors (Lipinski definition) is 3. The molecule has 0 bridgehead atoms. The third-order valence-corrected chi connectivity index (χ3v) is 6.74. The average Bonchev–Trinajstić information content (AvgIpc) is 2.86. The third kappa shape index (κ3) is 22.8. The SMILES string of the molecule is CCCCCCCCCCCCNC(=O)[C@H](CCCCNC(=O)CCCCC)NC(=O)CCCCC. The van der Waals surface area contributed by atoms with Crippen LogP contribution in [0.1, 0.15) is 156 Å². The van der Waals surface area contributed by atoms with Crippen LogP contribution in [0.25, 0.3) is 0 Å². The molecule has 0 aliphatic carbocycles. The van der Waals surface area contributed by atoms with Gasteiger partial charge in [0.05, 0.1) is 0 Å². The third-order valence-electron chi connectivity index (χ3n) is 6.74. The fourth-order valence-corrected chi connectivity index (χ4v) is 4.34.